The number of phenolic OH excluding ortho intramolecular Hbond substituents is 1. The third kappa shape index (κ3) is 1.07. The topological polar surface area (TPSA) is 37.3 Å². The summed E-state index contributed by atoms with van der Waals surface area (Å²) in [7, 11) is 0. The fourth-order valence-electron chi connectivity index (χ4n) is 2.11. The molecule has 1 aliphatic carbocycles. The minimum atomic E-state index is 0.0358. The van der Waals surface area contributed by atoms with Gasteiger partial charge in [0.1, 0.15) is 5.75 Å². The Morgan fingerprint density at radius 1 is 1.57 bits per heavy atom. The van der Waals surface area contributed by atoms with Crippen molar-refractivity contribution in [3.63, 3.8) is 0 Å². The van der Waals surface area contributed by atoms with Crippen molar-refractivity contribution in [1.29, 1.82) is 0 Å². The van der Waals surface area contributed by atoms with Gasteiger partial charge in [-0.1, -0.05) is 25.6 Å². The molecule has 1 N–H and O–H groups in total. The molecule has 0 bridgehead atoms. The van der Waals surface area contributed by atoms with E-state index in [0.29, 0.717) is 12.0 Å². The normalized spacial score (nSPS) is 19.5. The Morgan fingerprint density at radius 2 is 2.29 bits per heavy atom. The smallest absolute Gasteiger partial charge is 0.167 e. The van der Waals surface area contributed by atoms with Gasteiger partial charge in [-0.05, 0) is 23.1 Å². The van der Waals surface area contributed by atoms with Gasteiger partial charge < -0.3 is 5.11 Å². The Bertz CT molecular complexity index is 419. The molecule has 1 aliphatic rings. The minimum absolute atomic E-state index is 0.0358. The summed E-state index contributed by atoms with van der Waals surface area (Å²) in [6.45, 7) is 5.70. The fraction of sp³-hybridized carbons (Fsp3) is 0.250. The number of carbonyl (C=O) groups excluding carboxylic acids is 1. The molecule has 0 saturated carbocycles. The van der Waals surface area contributed by atoms with E-state index in [9.17, 15) is 9.90 Å². The summed E-state index contributed by atoms with van der Waals surface area (Å²) in [5, 5.41) is 9.58. The Kier molecular flexibility index (Phi) is 1.92. The van der Waals surface area contributed by atoms with Crippen molar-refractivity contribution in [2.45, 2.75) is 19.3 Å². The summed E-state index contributed by atoms with van der Waals surface area (Å²) in [5.74, 6) is 0.325. The molecule has 1 aromatic carbocycles. The highest BCUT2D eigenvalue weighted by Crippen LogP contribution is 2.40. The van der Waals surface area contributed by atoms with Crippen LogP contribution in [0.5, 0.6) is 5.75 Å². The number of benzene rings is 1. The van der Waals surface area contributed by atoms with E-state index < -0.39 is 0 Å². The van der Waals surface area contributed by atoms with Crippen LogP contribution in [-0.2, 0) is 0 Å². The predicted molar refractivity (Wildman–Crippen MR) is 55.6 cm³/mol. The molecule has 1 unspecified atom stereocenters. The number of rotatable bonds is 1. The van der Waals surface area contributed by atoms with Gasteiger partial charge in [0, 0.05) is 6.42 Å². The Morgan fingerprint density at radius 3 is 2.93 bits per heavy atom. The lowest BCUT2D eigenvalue weighted by Gasteiger charge is -2.08. The zero-order valence-electron chi connectivity index (χ0n) is 8.08. The van der Waals surface area contributed by atoms with Crippen LogP contribution in [0.4, 0.5) is 0 Å². The second-order valence-corrected chi connectivity index (χ2v) is 3.70. The predicted octanol–water partition coefficient (Wildman–Crippen LogP) is 2.73. The van der Waals surface area contributed by atoms with E-state index in [1.807, 2.05) is 6.92 Å². The zero-order valence-corrected chi connectivity index (χ0v) is 8.08. The zero-order chi connectivity index (χ0) is 10.3. The molecule has 14 heavy (non-hydrogen) atoms. The van der Waals surface area contributed by atoms with Crippen LogP contribution in [0.15, 0.2) is 18.7 Å². The molecule has 0 radical (unpaired) electrons. The lowest BCUT2D eigenvalue weighted by molar-refractivity contribution is 0.0988. The number of Topliss-reactive ketones (excluding diaryl/α,β-unsaturated/α-hetero) is 1. The molecule has 0 aromatic heterocycles. The number of hydrogen-bond donors (Lipinski definition) is 1. The third-order valence-corrected chi connectivity index (χ3v) is 2.74. The lowest BCUT2D eigenvalue weighted by atomic mass is 9.97. The van der Waals surface area contributed by atoms with Crippen LogP contribution in [0.3, 0.4) is 0 Å². The molecular formula is C12H12O2. The van der Waals surface area contributed by atoms with Crippen molar-refractivity contribution in [2.75, 3.05) is 0 Å². The summed E-state index contributed by atoms with van der Waals surface area (Å²) in [5.41, 5.74) is 2.40. The maximum absolute atomic E-state index is 11.6. The van der Waals surface area contributed by atoms with Crippen LogP contribution in [0, 0.1) is 0 Å². The number of fused-ring (bicyclic) bond motifs is 1. The number of hydrogen-bond acceptors (Lipinski definition) is 2. The first-order valence-electron chi connectivity index (χ1n) is 4.66. The first kappa shape index (κ1) is 9.00. The van der Waals surface area contributed by atoms with Crippen LogP contribution >= 0.6 is 0 Å². The van der Waals surface area contributed by atoms with Crippen molar-refractivity contribution < 1.29 is 9.90 Å². The van der Waals surface area contributed by atoms with E-state index in [1.165, 1.54) is 0 Å². The molecule has 0 amide bonds. The Hall–Kier alpha value is -1.57. The highest BCUT2D eigenvalue weighted by Gasteiger charge is 2.30. The van der Waals surface area contributed by atoms with E-state index >= 15 is 0 Å². The average molecular weight is 188 g/mol. The molecule has 0 fully saturated rings. The SMILES string of the molecule is C=Cc1ccc(O)c2c1C(C)CC2=O. The molecule has 72 valence electrons. The van der Waals surface area contributed by atoms with Crippen molar-refractivity contribution in [3.8, 4) is 5.75 Å². The van der Waals surface area contributed by atoms with E-state index in [4.69, 9.17) is 0 Å². The Labute approximate surface area is 82.9 Å². The number of phenols is 1. The van der Waals surface area contributed by atoms with Crippen LogP contribution < -0.4 is 0 Å². The van der Waals surface area contributed by atoms with Gasteiger partial charge in [-0.3, -0.25) is 4.79 Å². The standard InChI is InChI=1S/C12H12O2/c1-3-8-4-5-9(13)12-10(14)6-7(2)11(8)12/h3-5,7,13H,1,6H2,2H3. The van der Waals surface area contributed by atoms with E-state index in [2.05, 4.69) is 6.58 Å². The van der Waals surface area contributed by atoms with Crippen LogP contribution in [0.25, 0.3) is 6.08 Å². The van der Waals surface area contributed by atoms with Gasteiger partial charge in [0.2, 0.25) is 0 Å². The molecule has 1 atom stereocenters. The maximum Gasteiger partial charge on any atom is 0.167 e. The van der Waals surface area contributed by atoms with Gasteiger partial charge in [-0.25, -0.2) is 0 Å². The van der Waals surface area contributed by atoms with Gasteiger partial charge in [-0.15, -0.1) is 0 Å². The van der Waals surface area contributed by atoms with Crippen molar-refractivity contribution in [1.82, 2.24) is 0 Å². The summed E-state index contributed by atoms with van der Waals surface area (Å²) in [6, 6.07) is 3.36. The first-order valence-corrected chi connectivity index (χ1v) is 4.66. The largest absolute Gasteiger partial charge is 0.507 e. The van der Waals surface area contributed by atoms with Gasteiger partial charge in [0.15, 0.2) is 5.78 Å². The lowest BCUT2D eigenvalue weighted by Crippen LogP contribution is -1.93. The van der Waals surface area contributed by atoms with Crippen molar-refractivity contribution in [3.05, 3.63) is 35.4 Å². The Balaban J connectivity index is 2.75. The van der Waals surface area contributed by atoms with Gasteiger partial charge in [0.05, 0.1) is 5.56 Å². The summed E-state index contributed by atoms with van der Waals surface area (Å²) in [6.07, 6.45) is 2.22. The molecule has 2 heteroatoms. The fourth-order valence-corrected chi connectivity index (χ4v) is 2.11. The molecule has 0 aliphatic heterocycles. The summed E-state index contributed by atoms with van der Waals surface area (Å²) >= 11 is 0. The van der Waals surface area contributed by atoms with Crippen molar-refractivity contribution in [2.24, 2.45) is 0 Å². The molecular weight excluding hydrogens is 176 g/mol. The number of aromatic hydroxyl groups is 1. The second-order valence-electron chi connectivity index (χ2n) is 3.70. The molecule has 2 nitrogen and oxygen atoms in total. The van der Waals surface area contributed by atoms with Gasteiger partial charge in [0.25, 0.3) is 0 Å². The van der Waals surface area contributed by atoms with Crippen molar-refractivity contribution >= 4 is 11.9 Å². The summed E-state index contributed by atoms with van der Waals surface area (Å²) in [4.78, 5) is 11.6. The first-order chi connectivity index (χ1) is 6.65. The van der Waals surface area contributed by atoms with Crippen LogP contribution in [0.1, 0.15) is 40.7 Å². The van der Waals surface area contributed by atoms with Crippen LogP contribution in [-0.4, -0.2) is 10.9 Å². The molecule has 1 aromatic rings. The quantitative estimate of drug-likeness (QED) is 0.735. The minimum Gasteiger partial charge on any atom is -0.507 e. The van der Waals surface area contributed by atoms with E-state index in [1.54, 1.807) is 18.2 Å². The van der Waals surface area contributed by atoms with E-state index in [0.717, 1.165) is 11.1 Å². The van der Waals surface area contributed by atoms with Crippen LogP contribution in [0.2, 0.25) is 0 Å². The summed E-state index contributed by atoms with van der Waals surface area (Å²) < 4.78 is 0. The molecule has 0 heterocycles. The molecule has 2 rings (SSSR count). The molecule has 0 spiro atoms. The average Bonchev–Trinajstić information content (AvgIpc) is 2.44. The number of ketones is 1. The third-order valence-electron chi connectivity index (χ3n) is 2.74. The maximum atomic E-state index is 11.6. The number of carbonyl (C=O) groups is 1. The monoisotopic (exact) mass is 188 g/mol. The van der Waals surface area contributed by atoms with E-state index in [-0.39, 0.29) is 17.5 Å². The molecule has 0 saturated heterocycles. The van der Waals surface area contributed by atoms with Gasteiger partial charge in [-0.2, -0.15) is 0 Å². The highest BCUT2D eigenvalue weighted by molar-refractivity contribution is 6.04. The highest BCUT2D eigenvalue weighted by atomic mass is 16.3. The second kappa shape index (κ2) is 2.98. The van der Waals surface area contributed by atoms with Gasteiger partial charge >= 0.3 is 0 Å².